The number of carbonyl (C=O) groups is 1. The smallest absolute Gasteiger partial charge is 0.258 e. The molecule has 1 aromatic carbocycles. The van der Waals surface area contributed by atoms with Crippen LogP contribution in [0, 0.1) is 6.92 Å². The Morgan fingerprint density at radius 1 is 1.27 bits per heavy atom. The molecule has 22 heavy (non-hydrogen) atoms. The van der Waals surface area contributed by atoms with Gasteiger partial charge in [0.15, 0.2) is 18.1 Å². The Morgan fingerprint density at radius 3 is 2.77 bits per heavy atom. The first-order valence-electron chi connectivity index (χ1n) is 7.08. The van der Waals surface area contributed by atoms with Crippen molar-refractivity contribution in [3.63, 3.8) is 0 Å². The largest absolute Gasteiger partial charge is 0.493 e. The highest BCUT2D eigenvalue weighted by Gasteiger charge is 2.12. The zero-order chi connectivity index (χ0) is 15.9. The van der Waals surface area contributed by atoms with Crippen LogP contribution in [-0.4, -0.2) is 24.6 Å². The fourth-order valence-electron chi connectivity index (χ4n) is 2.03. The Morgan fingerprint density at radius 2 is 2.09 bits per heavy atom. The first-order valence-corrected chi connectivity index (χ1v) is 7.08. The number of methoxy groups -OCH3 is 1. The standard InChI is InChI=1S/C17H20N2O3/c1-12-7-8-15(16(10-12)21-3)22-11-17(20)19-13(2)14-6-4-5-9-18-14/h4-10,13H,11H2,1-3H3,(H,19,20). The van der Waals surface area contributed by atoms with Gasteiger partial charge >= 0.3 is 0 Å². The molecule has 2 rings (SSSR count). The molecule has 0 spiro atoms. The molecule has 2 aromatic rings. The van der Waals surface area contributed by atoms with Crippen molar-refractivity contribution in [3.8, 4) is 11.5 Å². The fraction of sp³-hybridized carbons (Fsp3) is 0.294. The summed E-state index contributed by atoms with van der Waals surface area (Å²) >= 11 is 0. The van der Waals surface area contributed by atoms with Gasteiger partial charge in [-0.25, -0.2) is 0 Å². The van der Waals surface area contributed by atoms with Crippen LogP contribution in [0.25, 0.3) is 0 Å². The van der Waals surface area contributed by atoms with E-state index in [1.165, 1.54) is 0 Å². The number of aryl methyl sites for hydroxylation is 1. The van der Waals surface area contributed by atoms with Gasteiger partial charge in [-0.1, -0.05) is 12.1 Å². The van der Waals surface area contributed by atoms with Crippen molar-refractivity contribution in [2.24, 2.45) is 0 Å². The van der Waals surface area contributed by atoms with Crippen molar-refractivity contribution in [1.82, 2.24) is 10.3 Å². The van der Waals surface area contributed by atoms with E-state index in [0.29, 0.717) is 11.5 Å². The van der Waals surface area contributed by atoms with Crippen LogP contribution in [0.3, 0.4) is 0 Å². The maximum absolute atomic E-state index is 12.0. The molecule has 1 amide bonds. The zero-order valence-electron chi connectivity index (χ0n) is 13.0. The highest BCUT2D eigenvalue weighted by atomic mass is 16.5. The molecule has 1 aromatic heterocycles. The predicted molar refractivity (Wildman–Crippen MR) is 84.0 cm³/mol. The quantitative estimate of drug-likeness (QED) is 0.891. The SMILES string of the molecule is COc1cc(C)ccc1OCC(=O)NC(C)c1ccccn1. The van der Waals surface area contributed by atoms with E-state index in [1.807, 2.05) is 44.2 Å². The molecule has 0 saturated heterocycles. The summed E-state index contributed by atoms with van der Waals surface area (Å²) in [5.74, 6) is 0.958. The van der Waals surface area contributed by atoms with Gasteiger partial charge in [0.2, 0.25) is 0 Å². The maximum Gasteiger partial charge on any atom is 0.258 e. The number of benzene rings is 1. The number of pyridine rings is 1. The Balaban J connectivity index is 1.90. The second-order valence-corrected chi connectivity index (χ2v) is 4.99. The van der Waals surface area contributed by atoms with E-state index in [9.17, 15) is 4.79 Å². The molecule has 0 aliphatic carbocycles. The van der Waals surface area contributed by atoms with Gasteiger partial charge in [-0.05, 0) is 43.7 Å². The van der Waals surface area contributed by atoms with Crippen LogP contribution in [0.4, 0.5) is 0 Å². The second-order valence-electron chi connectivity index (χ2n) is 4.99. The minimum atomic E-state index is -0.208. The normalized spacial score (nSPS) is 11.6. The van der Waals surface area contributed by atoms with Crippen molar-refractivity contribution in [1.29, 1.82) is 0 Å². The minimum absolute atomic E-state index is 0.0728. The molecule has 0 saturated carbocycles. The molecule has 116 valence electrons. The van der Waals surface area contributed by atoms with Gasteiger partial charge in [0, 0.05) is 6.20 Å². The van der Waals surface area contributed by atoms with Crippen LogP contribution in [0.1, 0.15) is 24.2 Å². The third-order valence-corrected chi connectivity index (χ3v) is 3.19. The van der Waals surface area contributed by atoms with Gasteiger partial charge in [-0.3, -0.25) is 9.78 Å². The molecule has 1 unspecified atom stereocenters. The van der Waals surface area contributed by atoms with Gasteiger partial charge in [0.1, 0.15) is 0 Å². The lowest BCUT2D eigenvalue weighted by molar-refractivity contribution is -0.123. The van der Waals surface area contributed by atoms with Crippen LogP contribution in [0.5, 0.6) is 11.5 Å². The fourth-order valence-corrected chi connectivity index (χ4v) is 2.03. The molecule has 1 N–H and O–H groups in total. The summed E-state index contributed by atoms with van der Waals surface area (Å²) in [7, 11) is 1.57. The summed E-state index contributed by atoms with van der Waals surface area (Å²) in [5.41, 5.74) is 1.88. The minimum Gasteiger partial charge on any atom is -0.493 e. The molecule has 5 nitrogen and oxygen atoms in total. The van der Waals surface area contributed by atoms with Gasteiger partial charge < -0.3 is 14.8 Å². The number of hydrogen-bond donors (Lipinski definition) is 1. The monoisotopic (exact) mass is 300 g/mol. The third-order valence-electron chi connectivity index (χ3n) is 3.19. The van der Waals surface area contributed by atoms with Gasteiger partial charge in [0.05, 0.1) is 18.8 Å². The lowest BCUT2D eigenvalue weighted by atomic mass is 10.2. The molecular weight excluding hydrogens is 280 g/mol. The van der Waals surface area contributed by atoms with Crippen molar-refractivity contribution >= 4 is 5.91 Å². The molecule has 0 radical (unpaired) electrons. The maximum atomic E-state index is 12.0. The van der Waals surface area contributed by atoms with Crippen molar-refractivity contribution < 1.29 is 14.3 Å². The number of nitrogens with zero attached hydrogens (tertiary/aromatic N) is 1. The molecule has 0 aliphatic rings. The summed E-state index contributed by atoms with van der Waals surface area (Å²) in [4.78, 5) is 16.2. The van der Waals surface area contributed by atoms with Crippen LogP contribution >= 0.6 is 0 Å². The zero-order valence-corrected chi connectivity index (χ0v) is 13.0. The van der Waals surface area contributed by atoms with E-state index < -0.39 is 0 Å². The molecule has 1 atom stereocenters. The first-order chi connectivity index (χ1) is 10.6. The number of rotatable bonds is 6. The van der Waals surface area contributed by atoms with Gasteiger partial charge in [-0.2, -0.15) is 0 Å². The number of amides is 1. The summed E-state index contributed by atoms with van der Waals surface area (Å²) < 4.78 is 10.8. The van der Waals surface area contributed by atoms with Crippen molar-refractivity contribution in [3.05, 3.63) is 53.9 Å². The van der Waals surface area contributed by atoms with Crippen LogP contribution in [-0.2, 0) is 4.79 Å². The van der Waals surface area contributed by atoms with E-state index in [1.54, 1.807) is 19.4 Å². The number of ether oxygens (including phenoxy) is 2. The van der Waals surface area contributed by atoms with E-state index in [4.69, 9.17) is 9.47 Å². The number of hydrogen-bond acceptors (Lipinski definition) is 4. The van der Waals surface area contributed by atoms with Crippen LogP contribution in [0.15, 0.2) is 42.6 Å². The summed E-state index contributed by atoms with van der Waals surface area (Å²) in [6.07, 6.45) is 1.70. The molecule has 1 heterocycles. The Bertz CT molecular complexity index is 629. The van der Waals surface area contributed by atoms with Crippen LogP contribution < -0.4 is 14.8 Å². The van der Waals surface area contributed by atoms with Gasteiger partial charge in [-0.15, -0.1) is 0 Å². The first kappa shape index (κ1) is 15.8. The Labute approximate surface area is 130 Å². The average molecular weight is 300 g/mol. The Kier molecular flexibility index (Phi) is 5.36. The molecular formula is C17H20N2O3. The lowest BCUT2D eigenvalue weighted by Crippen LogP contribution is -2.31. The summed E-state index contributed by atoms with van der Waals surface area (Å²) in [5, 5.41) is 2.85. The predicted octanol–water partition coefficient (Wildman–Crippen LogP) is 2.65. The summed E-state index contributed by atoms with van der Waals surface area (Å²) in [6.45, 7) is 3.77. The highest BCUT2D eigenvalue weighted by Crippen LogP contribution is 2.27. The molecule has 0 fully saturated rings. The topological polar surface area (TPSA) is 60.5 Å². The van der Waals surface area contributed by atoms with Crippen molar-refractivity contribution in [2.45, 2.75) is 19.9 Å². The van der Waals surface area contributed by atoms with Crippen molar-refractivity contribution in [2.75, 3.05) is 13.7 Å². The number of carbonyl (C=O) groups excluding carboxylic acids is 1. The average Bonchev–Trinajstić information content (AvgIpc) is 2.54. The highest BCUT2D eigenvalue weighted by molar-refractivity contribution is 5.78. The van der Waals surface area contributed by atoms with E-state index in [0.717, 1.165) is 11.3 Å². The van der Waals surface area contributed by atoms with E-state index in [-0.39, 0.29) is 18.6 Å². The Hall–Kier alpha value is -2.56. The molecule has 5 heteroatoms. The number of aromatic nitrogens is 1. The lowest BCUT2D eigenvalue weighted by Gasteiger charge is -2.15. The third kappa shape index (κ3) is 4.22. The van der Waals surface area contributed by atoms with Gasteiger partial charge in [0.25, 0.3) is 5.91 Å². The van der Waals surface area contributed by atoms with E-state index in [2.05, 4.69) is 10.3 Å². The molecule has 0 bridgehead atoms. The second kappa shape index (κ2) is 7.45. The summed E-state index contributed by atoms with van der Waals surface area (Å²) in [6, 6.07) is 11.0. The molecule has 0 aliphatic heterocycles. The van der Waals surface area contributed by atoms with E-state index >= 15 is 0 Å². The van der Waals surface area contributed by atoms with Crippen LogP contribution in [0.2, 0.25) is 0 Å². The number of nitrogens with one attached hydrogen (secondary N) is 1.